The standard InChI is InChI=1S/C27H32BrF4N5O2/c1-15(38)26(39)36(11-10-21(33)23(31)32)22(27(2,3)4)25-34-24(19-13-18(29)8-9-20(19)30)35-37(25)14-16-6-5-7-17(28)12-16/h5-9,12-13,15,21-23,38H,10-11,14,33H2,1-4H3/t15-,21+,22-/m0/s1. The number of alkyl halides is 2. The zero-order valence-corrected chi connectivity index (χ0v) is 23.7. The van der Waals surface area contributed by atoms with E-state index in [2.05, 4.69) is 26.0 Å². The third-order valence-electron chi connectivity index (χ3n) is 6.14. The average Bonchev–Trinajstić information content (AvgIpc) is 3.23. The molecule has 3 atom stereocenters. The number of aliphatic hydroxyl groups is 1. The van der Waals surface area contributed by atoms with Crippen LogP contribution in [0.3, 0.4) is 0 Å². The molecule has 212 valence electrons. The van der Waals surface area contributed by atoms with Crippen molar-refractivity contribution in [2.24, 2.45) is 11.1 Å². The van der Waals surface area contributed by atoms with Crippen molar-refractivity contribution >= 4 is 21.8 Å². The van der Waals surface area contributed by atoms with Gasteiger partial charge in [-0.15, -0.1) is 0 Å². The van der Waals surface area contributed by atoms with Gasteiger partial charge in [0.15, 0.2) is 11.6 Å². The number of carbonyl (C=O) groups is 1. The van der Waals surface area contributed by atoms with E-state index in [4.69, 9.17) is 5.73 Å². The highest BCUT2D eigenvalue weighted by atomic mass is 79.9. The predicted molar refractivity (Wildman–Crippen MR) is 143 cm³/mol. The summed E-state index contributed by atoms with van der Waals surface area (Å²) in [5.74, 6) is -2.04. The van der Waals surface area contributed by atoms with Crippen LogP contribution in [0.5, 0.6) is 0 Å². The number of rotatable bonds is 10. The number of hydrogen-bond donors (Lipinski definition) is 2. The van der Waals surface area contributed by atoms with Crippen LogP contribution in [0, 0.1) is 17.0 Å². The monoisotopic (exact) mass is 613 g/mol. The molecule has 12 heteroatoms. The van der Waals surface area contributed by atoms with Gasteiger partial charge in [-0.25, -0.2) is 27.2 Å². The lowest BCUT2D eigenvalue weighted by molar-refractivity contribution is -0.145. The third kappa shape index (κ3) is 7.64. The van der Waals surface area contributed by atoms with E-state index >= 15 is 0 Å². The number of amides is 1. The summed E-state index contributed by atoms with van der Waals surface area (Å²) in [4.78, 5) is 19.1. The first-order valence-corrected chi connectivity index (χ1v) is 13.1. The molecule has 0 saturated heterocycles. The minimum Gasteiger partial charge on any atom is -0.384 e. The number of aromatic nitrogens is 3. The lowest BCUT2D eigenvalue weighted by Crippen LogP contribution is -2.48. The van der Waals surface area contributed by atoms with Gasteiger partial charge in [-0.2, -0.15) is 5.10 Å². The van der Waals surface area contributed by atoms with Crippen LogP contribution in [-0.2, 0) is 11.3 Å². The molecule has 1 aromatic heterocycles. The molecule has 0 unspecified atom stereocenters. The van der Waals surface area contributed by atoms with Gasteiger partial charge in [0.1, 0.15) is 17.7 Å². The smallest absolute Gasteiger partial charge is 0.253 e. The maximum absolute atomic E-state index is 14.7. The fraction of sp³-hybridized carbons (Fsp3) is 0.444. The zero-order valence-electron chi connectivity index (χ0n) is 22.1. The minimum atomic E-state index is -2.80. The first-order chi connectivity index (χ1) is 18.2. The number of carbonyl (C=O) groups excluding carboxylic acids is 1. The van der Waals surface area contributed by atoms with E-state index in [0.29, 0.717) is 0 Å². The first-order valence-electron chi connectivity index (χ1n) is 12.4. The Balaban J connectivity index is 2.22. The summed E-state index contributed by atoms with van der Waals surface area (Å²) in [6.07, 6.45) is -4.49. The predicted octanol–water partition coefficient (Wildman–Crippen LogP) is 5.31. The topological polar surface area (TPSA) is 97.3 Å². The maximum Gasteiger partial charge on any atom is 0.253 e. The molecule has 0 radical (unpaired) electrons. The molecule has 0 aliphatic heterocycles. The second-order valence-corrected chi connectivity index (χ2v) is 11.4. The molecule has 0 aliphatic rings. The van der Waals surface area contributed by atoms with Crippen LogP contribution in [-0.4, -0.2) is 55.8 Å². The fourth-order valence-electron chi connectivity index (χ4n) is 4.28. The molecule has 0 saturated carbocycles. The largest absolute Gasteiger partial charge is 0.384 e. The Morgan fingerprint density at radius 3 is 2.46 bits per heavy atom. The van der Waals surface area contributed by atoms with E-state index in [-0.39, 0.29) is 36.7 Å². The minimum absolute atomic E-state index is 0.111. The number of nitrogens with two attached hydrogens (primary N) is 1. The highest BCUT2D eigenvalue weighted by Gasteiger charge is 2.40. The Bertz CT molecular complexity index is 1300. The Morgan fingerprint density at radius 1 is 1.18 bits per heavy atom. The van der Waals surface area contributed by atoms with Gasteiger partial charge in [-0.05, 0) is 54.7 Å². The van der Waals surface area contributed by atoms with E-state index in [1.807, 2.05) is 45.0 Å². The van der Waals surface area contributed by atoms with Crippen molar-refractivity contribution in [2.75, 3.05) is 6.54 Å². The number of benzene rings is 2. The molecule has 3 rings (SSSR count). The Labute approximate surface area is 233 Å². The van der Waals surface area contributed by atoms with Crippen molar-refractivity contribution in [1.82, 2.24) is 19.7 Å². The van der Waals surface area contributed by atoms with E-state index in [0.717, 1.165) is 28.2 Å². The molecule has 0 spiro atoms. The van der Waals surface area contributed by atoms with E-state index in [9.17, 15) is 27.5 Å². The third-order valence-corrected chi connectivity index (χ3v) is 6.63. The van der Waals surface area contributed by atoms with Crippen molar-refractivity contribution in [1.29, 1.82) is 0 Å². The Hall–Kier alpha value is -2.83. The highest BCUT2D eigenvalue weighted by molar-refractivity contribution is 9.10. The van der Waals surface area contributed by atoms with Crippen LogP contribution in [0.2, 0.25) is 0 Å². The lowest BCUT2D eigenvalue weighted by Gasteiger charge is -2.40. The van der Waals surface area contributed by atoms with E-state index in [1.54, 1.807) is 0 Å². The van der Waals surface area contributed by atoms with Gasteiger partial charge in [0, 0.05) is 11.0 Å². The van der Waals surface area contributed by atoms with Crippen LogP contribution >= 0.6 is 15.9 Å². The summed E-state index contributed by atoms with van der Waals surface area (Å²) in [5.41, 5.74) is 5.43. The molecule has 2 aromatic carbocycles. The summed E-state index contributed by atoms with van der Waals surface area (Å²) in [6.45, 7) is 6.67. The average molecular weight is 614 g/mol. The first kappa shape index (κ1) is 30.7. The van der Waals surface area contributed by atoms with Crippen molar-refractivity contribution in [3.05, 3.63) is 70.0 Å². The second kappa shape index (κ2) is 12.6. The highest BCUT2D eigenvalue weighted by Crippen LogP contribution is 2.39. The number of nitrogens with zero attached hydrogens (tertiary/aromatic N) is 4. The summed E-state index contributed by atoms with van der Waals surface area (Å²) in [7, 11) is 0. The van der Waals surface area contributed by atoms with Crippen molar-refractivity contribution in [3.8, 4) is 11.4 Å². The summed E-state index contributed by atoms with van der Waals surface area (Å²) in [6, 6.07) is 7.86. The number of aliphatic hydroxyl groups excluding tert-OH is 1. The van der Waals surface area contributed by atoms with Crippen LogP contribution in [0.4, 0.5) is 17.6 Å². The van der Waals surface area contributed by atoms with Gasteiger partial charge in [-0.1, -0.05) is 48.8 Å². The summed E-state index contributed by atoms with van der Waals surface area (Å²) in [5, 5.41) is 14.7. The molecular formula is C27H32BrF4N5O2. The molecule has 7 nitrogen and oxygen atoms in total. The van der Waals surface area contributed by atoms with Crippen LogP contribution in [0.15, 0.2) is 46.9 Å². The number of halogens is 5. The summed E-state index contributed by atoms with van der Waals surface area (Å²) >= 11 is 3.43. The van der Waals surface area contributed by atoms with E-state index < -0.39 is 47.6 Å². The quantitative estimate of drug-likeness (QED) is 0.302. The van der Waals surface area contributed by atoms with Gasteiger partial charge in [0.25, 0.3) is 12.3 Å². The SMILES string of the molecule is C[C@H](O)C(=O)N(CC[C@@H](N)C(F)F)[C@@H](c1nc(-c2cc(F)ccc2F)nn1Cc1cccc(Br)c1)C(C)(C)C. The second-order valence-electron chi connectivity index (χ2n) is 10.5. The molecule has 1 heterocycles. The van der Waals surface area contributed by atoms with Crippen molar-refractivity contribution in [3.63, 3.8) is 0 Å². The van der Waals surface area contributed by atoms with Crippen LogP contribution in [0.1, 0.15) is 51.5 Å². The molecule has 3 N–H and O–H groups in total. The molecule has 39 heavy (non-hydrogen) atoms. The van der Waals surface area contributed by atoms with Gasteiger partial charge in [0.2, 0.25) is 0 Å². The molecule has 0 fully saturated rings. The van der Waals surface area contributed by atoms with Gasteiger partial charge in [0.05, 0.1) is 24.2 Å². The zero-order chi connectivity index (χ0) is 29.1. The van der Waals surface area contributed by atoms with Gasteiger partial charge in [-0.3, -0.25) is 4.79 Å². The molecule has 1 amide bonds. The maximum atomic E-state index is 14.7. The molecule has 0 aliphatic carbocycles. The lowest BCUT2D eigenvalue weighted by atomic mass is 9.84. The normalized spacial score (nSPS) is 14.4. The van der Waals surface area contributed by atoms with Gasteiger partial charge >= 0.3 is 0 Å². The Kier molecular flexibility index (Phi) is 9.89. The Morgan fingerprint density at radius 2 is 1.87 bits per heavy atom. The molecular weight excluding hydrogens is 582 g/mol. The molecule has 0 bridgehead atoms. The van der Waals surface area contributed by atoms with E-state index in [1.165, 1.54) is 16.5 Å². The van der Waals surface area contributed by atoms with Crippen molar-refractivity contribution in [2.45, 2.75) is 65.3 Å². The van der Waals surface area contributed by atoms with Crippen LogP contribution < -0.4 is 5.73 Å². The van der Waals surface area contributed by atoms with Gasteiger partial charge < -0.3 is 15.7 Å². The number of hydrogen-bond acceptors (Lipinski definition) is 5. The van der Waals surface area contributed by atoms with Crippen molar-refractivity contribution < 1.29 is 27.5 Å². The van der Waals surface area contributed by atoms with Crippen LogP contribution in [0.25, 0.3) is 11.4 Å². The summed E-state index contributed by atoms with van der Waals surface area (Å²) < 4.78 is 57.5. The molecule has 3 aromatic rings. The fourth-order valence-corrected chi connectivity index (χ4v) is 4.73.